The van der Waals surface area contributed by atoms with Gasteiger partial charge in [-0.15, -0.1) is 0 Å². The molecule has 0 bridgehead atoms. The van der Waals surface area contributed by atoms with Crippen LogP contribution in [-0.4, -0.2) is 75.0 Å². The first-order valence-corrected chi connectivity index (χ1v) is 15.8. The third-order valence-electron chi connectivity index (χ3n) is 5.41. The van der Waals surface area contributed by atoms with Crippen LogP contribution >= 0.6 is 11.6 Å². The van der Waals surface area contributed by atoms with Gasteiger partial charge in [-0.3, -0.25) is 4.90 Å². The largest absolute Gasteiger partial charge is 0.450 e. The molecule has 0 aromatic heterocycles. The van der Waals surface area contributed by atoms with Gasteiger partial charge in [-0.05, 0) is 50.9 Å². The summed E-state index contributed by atoms with van der Waals surface area (Å²) in [5.41, 5.74) is 0.504. The Kier molecular flexibility index (Phi) is 10.1. The first-order chi connectivity index (χ1) is 15.3. The molecule has 0 saturated carbocycles. The SMILES string of the molecule is CC(C)(C)OC(=O)N1CCN(CC[C@H](NC(=O)OCC[Si](C)(C)C)c2ccc(Cl)cc2)CC1. The lowest BCUT2D eigenvalue weighted by Gasteiger charge is -2.36. The number of carbonyl (C=O) groups is 2. The van der Waals surface area contributed by atoms with Crippen LogP contribution < -0.4 is 5.32 Å². The van der Waals surface area contributed by atoms with Crippen molar-refractivity contribution in [1.29, 1.82) is 0 Å². The lowest BCUT2D eigenvalue weighted by molar-refractivity contribution is 0.0142. The van der Waals surface area contributed by atoms with E-state index in [0.29, 0.717) is 24.7 Å². The maximum absolute atomic E-state index is 12.4. The Hall–Kier alpha value is -1.77. The van der Waals surface area contributed by atoms with Crippen molar-refractivity contribution in [1.82, 2.24) is 15.1 Å². The molecular formula is C24H40ClN3O4Si. The predicted octanol–water partition coefficient (Wildman–Crippen LogP) is 5.39. The van der Waals surface area contributed by atoms with Crippen molar-refractivity contribution >= 4 is 31.9 Å². The molecule has 1 saturated heterocycles. The molecule has 33 heavy (non-hydrogen) atoms. The van der Waals surface area contributed by atoms with E-state index >= 15 is 0 Å². The molecule has 7 nitrogen and oxygen atoms in total. The number of rotatable bonds is 8. The first-order valence-electron chi connectivity index (χ1n) is 11.7. The van der Waals surface area contributed by atoms with E-state index in [4.69, 9.17) is 21.1 Å². The van der Waals surface area contributed by atoms with E-state index in [0.717, 1.165) is 37.7 Å². The maximum Gasteiger partial charge on any atom is 0.410 e. The highest BCUT2D eigenvalue weighted by Gasteiger charge is 2.26. The molecule has 186 valence electrons. The van der Waals surface area contributed by atoms with Gasteiger partial charge in [0.25, 0.3) is 0 Å². The number of halogens is 1. The van der Waals surface area contributed by atoms with Crippen LogP contribution in [0.15, 0.2) is 24.3 Å². The molecule has 1 aromatic carbocycles. The van der Waals surface area contributed by atoms with E-state index in [1.54, 1.807) is 4.90 Å². The number of hydrogen-bond acceptors (Lipinski definition) is 5. The summed E-state index contributed by atoms with van der Waals surface area (Å²) in [5.74, 6) is 0. The molecule has 1 aliphatic rings. The fraction of sp³-hybridized carbons (Fsp3) is 0.667. The van der Waals surface area contributed by atoms with Crippen LogP contribution in [0, 0.1) is 0 Å². The topological polar surface area (TPSA) is 71.1 Å². The fourth-order valence-corrected chi connectivity index (χ4v) is 4.28. The summed E-state index contributed by atoms with van der Waals surface area (Å²) in [4.78, 5) is 28.8. The van der Waals surface area contributed by atoms with Gasteiger partial charge in [0.15, 0.2) is 0 Å². The van der Waals surface area contributed by atoms with Gasteiger partial charge in [0.1, 0.15) is 5.60 Å². The number of amides is 2. The number of hydrogen-bond donors (Lipinski definition) is 1. The predicted molar refractivity (Wildman–Crippen MR) is 136 cm³/mol. The summed E-state index contributed by atoms with van der Waals surface area (Å²) in [6.45, 7) is 16.4. The van der Waals surface area contributed by atoms with Crippen LogP contribution in [-0.2, 0) is 9.47 Å². The number of nitrogens with one attached hydrogen (secondary N) is 1. The lowest BCUT2D eigenvalue weighted by atomic mass is 10.0. The highest BCUT2D eigenvalue weighted by Crippen LogP contribution is 2.21. The quantitative estimate of drug-likeness (QED) is 0.487. The minimum absolute atomic E-state index is 0.175. The number of benzene rings is 1. The van der Waals surface area contributed by atoms with Crippen molar-refractivity contribution in [3.8, 4) is 0 Å². The molecule has 1 N–H and O–H groups in total. The Morgan fingerprint density at radius 3 is 2.24 bits per heavy atom. The molecule has 1 atom stereocenters. The van der Waals surface area contributed by atoms with E-state index in [2.05, 4.69) is 29.9 Å². The Labute approximate surface area is 204 Å². The van der Waals surface area contributed by atoms with Crippen molar-refractivity contribution in [2.45, 2.75) is 64.5 Å². The van der Waals surface area contributed by atoms with Crippen LogP contribution in [0.2, 0.25) is 30.7 Å². The van der Waals surface area contributed by atoms with Crippen LogP contribution in [0.1, 0.15) is 38.8 Å². The van der Waals surface area contributed by atoms with Crippen molar-refractivity contribution in [2.75, 3.05) is 39.3 Å². The molecule has 1 fully saturated rings. The third kappa shape index (κ3) is 10.8. The van der Waals surface area contributed by atoms with E-state index in [1.165, 1.54) is 0 Å². The molecule has 1 aliphatic heterocycles. The Morgan fingerprint density at radius 1 is 1.09 bits per heavy atom. The number of carbonyl (C=O) groups excluding carboxylic acids is 2. The highest BCUT2D eigenvalue weighted by atomic mass is 35.5. The summed E-state index contributed by atoms with van der Waals surface area (Å²) >= 11 is 6.05. The monoisotopic (exact) mass is 497 g/mol. The molecule has 2 rings (SSSR count). The van der Waals surface area contributed by atoms with Gasteiger partial charge in [0.2, 0.25) is 0 Å². The summed E-state index contributed by atoms with van der Waals surface area (Å²) in [6, 6.07) is 8.31. The van der Waals surface area contributed by atoms with Gasteiger partial charge >= 0.3 is 12.2 Å². The summed E-state index contributed by atoms with van der Waals surface area (Å²) in [6.07, 6.45) is 0.0869. The Balaban J connectivity index is 1.88. The van der Waals surface area contributed by atoms with Gasteiger partial charge in [-0.1, -0.05) is 43.4 Å². The molecule has 0 aliphatic carbocycles. The Morgan fingerprint density at radius 2 is 1.70 bits per heavy atom. The molecule has 1 heterocycles. The second-order valence-corrected chi connectivity index (χ2v) is 16.9. The van der Waals surface area contributed by atoms with Crippen LogP contribution in [0.25, 0.3) is 0 Å². The number of nitrogens with zero attached hydrogens (tertiary/aromatic N) is 2. The summed E-state index contributed by atoms with van der Waals surface area (Å²) in [7, 11) is -1.26. The van der Waals surface area contributed by atoms with Gasteiger partial charge < -0.3 is 19.7 Å². The van der Waals surface area contributed by atoms with E-state index in [1.807, 2.05) is 45.0 Å². The zero-order valence-electron chi connectivity index (χ0n) is 20.9. The van der Waals surface area contributed by atoms with E-state index in [-0.39, 0.29) is 18.2 Å². The number of alkyl carbamates (subject to hydrolysis) is 1. The average molecular weight is 498 g/mol. The minimum atomic E-state index is -1.26. The summed E-state index contributed by atoms with van der Waals surface area (Å²) < 4.78 is 10.9. The zero-order chi connectivity index (χ0) is 24.6. The molecule has 0 unspecified atom stereocenters. The average Bonchev–Trinajstić information content (AvgIpc) is 2.70. The second kappa shape index (κ2) is 12.1. The van der Waals surface area contributed by atoms with Crippen LogP contribution in [0.4, 0.5) is 9.59 Å². The molecule has 9 heteroatoms. The summed E-state index contributed by atoms with van der Waals surface area (Å²) in [5, 5.41) is 3.69. The van der Waals surface area contributed by atoms with Crippen molar-refractivity contribution < 1.29 is 19.1 Å². The molecule has 0 radical (unpaired) electrons. The van der Waals surface area contributed by atoms with Crippen LogP contribution in [0.5, 0.6) is 0 Å². The maximum atomic E-state index is 12.4. The standard InChI is InChI=1S/C24H40ClN3O4Si/c1-24(2,3)32-23(30)28-15-13-27(14-16-28)12-11-21(19-7-9-20(25)10-8-19)26-22(29)31-17-18-33(4,5)6/h7-10,21H,11-18H2,1-6H3,(H,26,29)/t21-/m0/s1. The van der Waals surface area contributed by atoms with Crippen molar-refractivity contribution in [3.05, 3.63) is 34.9 Å². The number of piperazine rings is 1. The Bertz CT molecular complexity index is 769. The first kappa shape index (κ1) is 27.5. The lowest BCUT2D eigenvalue weighted by Crippen LogP contribution is -2.50. The van der Waals surface area contributed by atoms with E-state index < -0.39 is 13.7 Å². The van der Waals surface area contributed by atoms with Crippen molar-refractivity contribution in [3.63, 3.8) is 0 Å². The third-order valence-corrected chi connectivity index (χ3v) is 7.36. The highest BCUT2D eigenvalue weighted by molar-refractivity contribution is 6.76. The molecule has 2 amide bonds. The van der Waals surface area contributed by atoms with Crippen LogP contribution in [0.3, 0.4) is 0 Å². The van der Waals surface area contributed by atoms with Gasteiger partial charge in [-0.2, -0.15) is 0 Å². The molecule has 1 aromatic rings. The minimum Gasteiger partial charge on any atom is -0.450 e. The van der Waals surface area contributed by atoms with Gasteiger partial charge in [0.05, 0.1) is 12.6 Å². The second-order valence-electron chi connectivity index (χ2n) is 10.8. The molecular weight excluding hydrogens is 458 g/mol. The number of ether oxygens (including phenoxy) is 2. The van der Waals surface area contributed by atoms with E-state index in [9.17, 15) is 9.59 Å². The fourth-order valence-electron chi connectivity index (χ4n) is 3.44. The molecule has 0 spiro atoms. The normalized spacial score (nSPS) is 16.3. The van der Waals surface area contributed by atoms with Crippen molar-refractivity contribution in [2.24, 2.45) is 0 Å². The zero-order valence-corrected chi connectivity index (χ0v) is 22.7. The smallest absolute Gasteiger partial charge is 0.410 e. The van der Waals surface area contributed by atoms with Gasteiger partial charge in [-0.25, -0.2) is 9.59 Å². The van der Waals surface area contributed by atoms with Gasteiger partial charge in [0, 0.05) is 45.8 Å².